The fourth-order valence-corrected chi connectivity index (χ4v) is 2.27. The average molecular weight is 295 g/mol. The number of ether oxygens (including phenoxy) is 1. The third-order valence-corrected chi connectivity index (χ3v) is 3.51. The summed E-state index contributed by atoms with van der Waals surface area (Å²) in [5, 5.41) is 0.741. The Bertz CT molecular complexity index is 705. The average Bonchev–Trinajstić information content (AvgIpc) is 2.55. The Morgan fingerprint density at radius 2 is 1.43 bits per heavy atom. The van der Waals surface area contributed by atoms with Crippen LogP contribution in [0.2, 0.25) is 5.02 Å². The number of rotatable bonds is 4. The van der Waals surface area contributed by atoms with E-state index in [4.69, 9.17) is 16.3 Å². The van der Waals surface area contributed by atoms with E-state index in [1.165, 1.54) is 5.56 Å². The van der Waals surface area contributed by atoms with Gasteiger partial charge in [-0.05, 0) is 41.0 Å². The highest BCUT2D eigenvalue weighted by molar-refractivity contribution is 6.30. The summed E-state index contributed by atoms with van der Waals surface area (Å²) in [7, 11) is 0. The maximum atomic E-state index is 5.88. The molecule has 3 aromatic rings. The van der Waals surface area contributed by atoms with Crippen molar-refractivity contribution in [2.45, 2.75) is 6.61 Å². The maximum absolute atomic E-state index is 5.88. The molecule has 0 fully saturated rings. The van der Waals surface area contributed by atoms with E-state index in [1.807, 2.05) is 54.6 Å². The van der Waals surface area contributed by atoms with E-state index in [1.54, 1.807) is 0 Å². The lowest BCUT2D eigenvalue weighted by Crippen LogP contribution is -1.95. The molecule has 0 aliphatic heterocycles. The molecule has 0 unspecified atom stereocenters. The van der Waals surface area contributed by atoms with E-state index in [9.17, 15) is 0 Å². The van der Waals surface area contributed by atoms with Crippen molar-refractivity contribution in [2.75, 3.05) is 0 Å². The molecule has 2 heteroatoms. The molecule has 0 N–H and O–H groups in total. The Balaban J connectivity index is 1.73. The zero-order chi connectivity index (χ0) is 14.5. The van der Waals surface area contributed by atoms with E-state index < -0.39 is 0 Å². The summed E-state index contributed by atoms with van der Waals surface area (Å²) in [5.74, 6) is 0.867. The van der Waals surface area contributed by atoms with Crippen LogP contribution in [0.4, 0.5) is 0 Å². The van der Waals surface area contributed by atoms with Crippen LogP contribution in [-0.2, 0) is 6.61 Å². The zero-order valence-electron chi connectivity index (χ0n) is 11.5. The molecule has 0 heterocycles. The fraction of sp³-hybridized carbons (Fsp3) is 0.0526. The fourth-order valence-electron chi connectivity index (χ4n) is 2.14. The van der Waals surface area contributed by atoms with Crippen LogP contribution in [0.3, 0.4) is 0 Å². The van der Waals surface area contributed by atoms with Crippen molar-refractivity contribution in [3.8, 4) is 16.9 Å². The Kier molecular flexibility index (Phi) is 4.23. The second-order valence-corrected chi connectivity index (χ2v) is 5.25. The van der Waals surface area contributed by atoms with Gasteiger partial charge in [0.1, 0.15) is 12.4 Å². The molecule has 0 atom stereocenters. The normalized spacial score (nSPS) is 10.3. The molecular weight excluding hydrogens is 280 g/mol. The van der Waals surface area contributed by atoms with Gasteiger partial charge in [-0.15, -0.1) is 0 Å². The molecular formula is C19H15ClO. The van der Waals surface area contributed by atoms with Crippen LogP contribution < -0.4 is 4.74 Å². The van der Waals surface area contributed by atoms with Crippen molar-refractivity contribution in [1.82, 2.24) is 0 Å². The SMILES string of the molecule is Clc1ccc(COc2cccc(-c3ccccc3)c2)cc1. The van der Waals surface area contributed by atoms with E-state index in [-0.39, 0.29) is 0 Å². The predicted molar refractivity (Wildman–Crippen MR) is 87.7 cm³/mol. The first-order chi connectivity index (χ1) is 10.3. The van der Waals surface area contributed by atoms with Crippen molar-refractivity contribution in [3.05, 3.63) is 89.4 Å². The highest BCUT2D eigenvalue weighted by Crippen LogP contribution is 2.24. The Morgan fingerprint density at radius 3 is 2.19 bits per heavy atom. The van der Waals surface area contributed by atoms with E-state index in [0.717, 1.165) is 21.9 Å². The van der Waals surface area contributed by atoms with Gasteiger partial charge in [0.25, 0.3) is 0 Å². The third kappa shape index (κ3) is 3.65. The number of halogens is 1. The van der Waals surface area contributed by atoms with Crippen LogP contribution >= 0.6 is 11.6 Å². The largest absolute Gasteiger partial charge is 0.489 e. The summed E-state index contributed by atoms with van der Waals surface area (Å²) in [4.78, 5) is 0. The van der Waals surface area contributed by atoms with Gasteiger partial charge in [0.15, 0.2) is 0 Å². The lowest BCUT2D eigenvalue weighted by Gasteiger charge is -2.08. The van der Waals surface area contributed by atoms with Crippen LogP contribution in [0, 0.1) is 0 Å². The Morgan fingerprint density at radius 1 is 0.714 bits per heavy atom. The molecule has 0 aliphatic carbocycles. The lowest BCUT2D eigenvalue weighted by atomic mass is 10.1. The summed E-state index contributed by atoms with van der Waals surface area (Å²) in [6.07, 6.45) is 0. The van der Waals surface area contributed by atoms with Gasteiger partial charge in [-0.3, -0.25) is 0 Å². The van der Waals surface area contributed by atoms with Crippen LogP contribution in [-0.4, -0.2) is 0 Å². The maximum Gasteiger partial charge on any atom is 0.120 e. The molecule has 0 amide bonds. The topological polar surface area (TPSA) is 9.23 Å². The number of hydrogen-bond donors (Lipinski definition) is 0. The van der Waals surface area contributed by atoms with Gasteiger partial charge in [-0.25, -0.2) is 0 Å². The summed E-state index contributed by atoms with van der Waals surface area (Å²) in [6, 6.07) is 26.1. The molecule has 3 rings (SSSR count). The van der Waals surface area contributed by atoms with Crippen LogP contribution in [0.15, 0.2) is 78.9 Å². The molecule has 104 valence electrons. The van der Waals surface area contributed by atoms with E-state index >= 15 is 0 Å². The van der Waals surface area contributed by atoms with Crippen LogP contribution in [0.1, 0.15) is 5.56 Å². The molecule has 0 aliphatic rings. The van der Waals surface area contributed by atoms with E-state index in [2.05, 4.69) is 24.3 Å². The van der Waals surface area contributed by atoms with Crippen molar-refractivity contribution in [1.29, 1.82) is 0 Å². The highest BCUT2D eigenvalue weighted by Gasteiger charge is 2.00. The standard InChI is InChI=1S/C19H15ClO/c20-18-11-9-15(10-12-18)14-21-19-8-4-7-17(13-19)16-5-2-1-3-6-16/h1-13H,14H2. The van der Waals surface area contributed by atoms with Gasteiger partial charge in [0.05, 0.1) is 0 Å². The smallest absolute Gasteiger partial charge is 0.120 e. The van der Waals surface area contributed by atoms with Gasteiger partial charge >= 0.3 is 0 Å². The summed E-state index contributed by atoms with van der Waals surface area (Å²) < 4.78 is 5.85. The van der Waals surface area contributed by atoms with Gasteiger partial charge in [-0.1, -0.05) is 66.2 Å². The van der Waals surface area contributed by atoms with Crippen LogP contribution in [0.5, 0.6) is 5.75 Å². The lowest BCUT2D eigenvalue weighted by molar-refractivity contribution is 0.306. The van der Waals surface area contributed by atoms with Crippen molar-refractivity contribution >= 4 is 11.6 Å². The first kappa shape index (κ1) is 13.7. The minimum Gasteiger partial charge on any atom is -0.489 e. The Hall–Kier alpha value is -2.25. The highest BCUT2D eigenvalue weighted by atomic mass is 35.5. The van der Waals surface area contributed by atoms with Crippen LogP contribution in [0.25, 0.3) is 11.1 Å². The molecule has 0 bridgehead atoms. The third-order valence-electron chi connectivity index (χ3n) is 3.26. The Labute approximate surface area is 129 Å². The molecule has 0 spiro atoms. The molecule has 0 saturated heterocycles. The minimum atomic E-state index is 0.537. The number of hydrogen-bond acceptors (Lipinski definition) is 1. The summed E-state index contributed by atoms with van der Waals surface area (Å²) in [5.41, 5.74) is 3.45. The molecule has 21 heavy (non-hydrogen) atoms. The minimum absolute atomic E-state index is 0.537. The second kappa shape index (κ2) is 6.47. The zero-order valence-corrected chi connectivity index (χ0v) is 12.3. The first-order valence-corrected chi connectivity index (χ1v) is 7.22. The molecule has 0 aromatic heterocycles. The first-order valence-electron chi connectivity index (χ1n) is 6.84. The van der Waals surface area contributed by atoms with Gasteiger partial charge < -0.3 is 4.74 Å². The number of benzene rings is 3. The van der Waals surface area contributed by atoms with E-state index in [0.29, 0.717) is 6.61 Å². The quantitative estimate of drug-likeness (QED) is 0.610. The van der Waals surface area contributed by atoms with Crippen molar-refractivity contribution in [3.63, 3.8) is 0 Å². The molecule has 3 aromatic carbocycles. The molecule has 0 saturated carbocycles. The molecule has 1 nitrogen and oxygen atoms in total. The summed E-state index contributed by atoms with van der Waals surface area (Å²) in [6.45, 7) is 0.537. The second-order valence-electron chi connectivity index (χ2n) is 4.81. The van der Waals surface area contributed by atoms with Gasteiger partial charge in [-0.2, -0.15) is 0 Å². The van der Waals surface area contributed by atoms with Crippen molar-refractivity contribution < 1.29 is 4.74 Å². The molecule has 0 radical (unpaired) electrons. The summed E-state index contributed by atoms with van der Waals surface area (Å²) >= 11 is 5.88. The van der Waals surface area contributed by atoms with Gasteiger partial charge in [0, 0.05) is 5.02 Å². The van der Waals surface area contributed by atoms with Gasteiger partial charge in [0.2, 0.25) is 0 Å². The monoisotopic (exact) mass is 294 g/mol. The predicted octanol–water partition coefficient (Wildman–Crippen LogP) is 5.59. The van der Waals surface area contributed by atoms with Crippen molar-refractivity contribution in [2.24, 2.45) is 0 Å².